The molecule has 34 heavy (non-hydrogen) atoms. The summed E-state index contributed by atoms with van der Waals surface area (Å²) < 4.78 is 16.1. The summed E-state index contributed by atoms with van der Waals surface area (Å²) in [7, 11) is 0. The minimum absolute atomic E-state index is 0.113. The predicted molar refractivity (Wildman–Crippen MR) is 128 cm³/mol. The van der Waals surface area contributed by atoms with Gasteiger partial charge in [-0.05, 0) is 49.7 Å². The standard InChI is InChI=1S/C24H27FN8O/c1-15-19(25)6-5-17-12-18(16(2)29-23-21-4-3-7-33(21)28-14-27-23)20(30-22(15)17)13-31-8-10-32(11-9-31)24(26)34/h3-7,12,14,16H,8-11,13H2,1-2H3,(H2,26,34)(H,27,28,29)/t16-/m0/s1. The van der Waals surface area contributed by atoms with Crippen LogP contribution in [-0.4, -0.2) is 61.6 Å². The highest BCUT2D eigenvalue weighted by molar-refractivity contribution is 5.83. The van der Waals surface area contributed by atoms with Gasteiger partial charge in [0, 0.05) is 49.9 Å². The Kier molecular flexibility index (Phi) is 5.74. The number of benzene rings is 1. The first-order chi connectivity index (χ1) is 16.4. The minimum atomic E-state index is -0.394. The molecule has 0 saturated carbocycles. The molecule has 1 saturated heterocycles. The lowest BCUT2D eigenvalue weighted by atomic mass is 10.0. The lowest BCUT2D eigenvalue weighted by molar-refractivity contribution is 0.139. The number of amides is 2. The van der Waals surface area contributed by atoms with Gasteiger partial charge < -0.3 is 16.0 Å². The van der Waals surface area contributed by atoms with E-state index in [9.17, 15) is 9.18 Å². The number of hydrogen-bond acceptors (Lipinski definition) is 6. The van der Waals surface area contributed by atoms with Gasteiger partial charge in [0.25, 0.3) is 0 Å². The number of carbonyl (C=O) groups excluding carboxylic acids is 1. The number of nitrogens with zero attached hydrogens (tertiary/aromatic N) is 6. The summed E-state index contributed by atoms with van der Waals surface area (Å²) in [6.07, 6.45) is 3.39. The maximum absolute atomic E-state index is 14.3. The van der Waals surface area contributed by atoms with E-state index in [1.54, 1.807) is 22.4 Å². The molecule has 5 rings (SSSR count). The number of halogens is 1. The second-order valence-corrected chi connectivity index (χ2v) is 8.68. The summed E-state index contributed by atoms with van der Waals surface area (Å²) in [5, 5.41) is 8.62. The van der Waals surface area contributed by atoms with Crippen LogP contribution in [0.15, 0.2) is 42.9 Å². The quantitative estimate of drug-likeness (QED) is 0.472. The summed E-state index contributed by atoms with van der Waals surface area (Å²) in [6.45, 7) is 6.95. The predicted octanol–water partition coefficient (Wildman–Crippen LogP) is 3.09. The van der Waals surface area contributed by atoms with Gasteiger partial charge in [0.1, 0.15) is 17.7 Å². The zero-order valence-corrected chi connectivity index (χ0v) is 19.2. The molecule has 4 heterocycles. The molecular weight excluding hydrogens is 435 g/mol. The lowest BCUT2D eigenvalue weighted by Gasteiger charge is -2.34. The van der Waals surface area contributed by atoms with Gasteiger partial charge in [0.15, 0.2) is 5.82 Å². The van der Waals surface area contributed by atoms with E-state index in [0.717, 1.165) is 28.0 Å². The Morgan fingerprint density at radius 2 is 2.03 bits per heavy atom. The zero-order chi connectivity index (χ0) is 23.8. The first-order valence-corrected chi connectivity index (χ1v) is 11.3. The van der Waals surface area contributed by atoms with Gasteiger partial charge in [0.2, 0.25) is 0 Å². The Bertz CT molecular complexity index is 1360. The maximum Gasteiger partial charge on any atom is 0.314 e. The van der Waals surface area contributed by atoms with Gasteiger partial charge in [-0.3, -0.25) is 9.88 Å². The summed E-state index contributed by atoms with van der Waals surface area (Å²) in [5.74, 6) is 0.459. The van der Waals surface area contributed by atoms with E-state index >= 15 is 0 Å². The monoisotopic (exact) mass is 462 g/mol. The molecule has 0 spiro atoms. The van der Waals surface area contributed by atoms with Crippen molar-refractivity contribution in [1.82, 2.24) is 29.4 Å². The minimum Gasteiger partial charge on any atom is -0.362 e. The fourth-order valence-corrected chi connectivity index (χ4v) is 4.51. The van der Waals surface area contributed by atoms with Crippen molar-refractivity contribution in [2.45, 2.75) is 26.4 Å². The van der Waals surface area contributed by atoms with Gasteiger partial charge in [-0.2, -0.15) is 5.10 Å². The number of carbonyl (C=O) groups is 1. The van der Waals surface area contributed by atoms with Crippen molar-refractivity contribution in [1.29, 1.82) is 0 Å². The summed E-state index contributed by atoms with van der Waals surface area (Å²) in [4.78, 5) is 24.7. The zero-order valence-electron chi connectivity index (χ0n) is 19.2. The third-order valence-electron chi connectivity index (χ3n) is 6.50. The number of rotatable bonds is 5. The number of piperazine rings is 1. The van der Waals surface area contributed by atoms with Gasteiger partial charge in [-0.1, -0.05) is 0 Å². The highest BCUT2D eigenvalue weighted by Crippen LogP contribution is 2.29. The molecule has 0 bridgehead atoms. The Labute approximate surface area is 196 Å². The highest BCUT2D eigenvalue weighted by Gasteiger charge is 2.23. The molecule has 0 radical (unpaired) electrons. The van der Waals surface area contributed by atoms with E-state index in [2.05, 4.69) is 33.3 Å². The first-order valence-electron chi connectivity index (χ1n) is 11.3. The number of aromatic nitrogens is 4. The number of pyridine rings is 1. The van der Waals surface area contributed by atoms with Crippen molar-refractivity contribution in [3.8, 4) is 0 Å². The van der Waals surface area contributed by atoms with Crippen LogP contribution in [0.25, 0.3) is 16.4 Å². The van der Waals surface area contributed by atoms with Crippen LogP contribution in [0.1, 0.15) is 29.8 Å². The average Bonchev–Trinajstić information content (AvgIpc) is 3.32. The van der Waals surface area contributed by atoms with E-state index in [1.165, 1.54) is 12.4 Å². The number of hydrogen-bond donors (Lipinski definition) is 2. The van der Waals surface area contributed by atoms with Crippen molar-refractivity contribution in [2.75, 3.05) is 31.5 Å². The molecule has 0 unspecified atom stereocenters. The van der Waals surface area contributed by atoms with Gasteiger partial charge in [0.05, 0.1) is 17.3 Å². The molecule has 1 atom stereocenters. The summed E-state index contributed by atoms with van der Waals surface area (Å²) in [5.41, 5.74) is 9.39. The number of nitrogens with one attached hydrogen (secondary N) is 1. The second-order valence-electron chi connectivity index (χ2n) is 8.68. The summed E-state index contributed by atoms with van der Waals surface area (Å²) >= 11 is 0. The topological polar surface area (TPSA) is 105 Å². The van der Waals surface area contributed by atoms with Crippen molar-refractivity contribution in [3.63, 3.8) is 0 Å². The van der Waals surface area contributed by atoms with Crippen LogP contribution in [0.5, 0.6) is 0 Å². The van der Waals surface area contributed by atoms with Crippen molar-refractivity contribution in [2.24, 2.45) is 5.73 Å². The normalized spacial score (nSPS) is 15.7. The molecule has 176 valence electrons. The smallest absolute Gasteiger partial charge is 0.314 e. The molecule has 1 aliphatic rings. The molecule has 4 aromatic rings. The molecule has 3 aromatic heterocycles. The fourth-order valence-electron chi connectivity index (χ4n) is 4.51. The molecule has 9 nitrogen and oxygen atoms in total. The van der Waals surface area contributed by atoms with Crippen LogP contribution in [0.2, 0.25) is 0 Å². The number of fused-ring (bicyclic) bond motifs is 2. The van der Waals surface area contributed by atoms with Crippen molar-refractivity contribution in [3.05, 3.63) is 65.5 Å². The number of nitrogens with two attached hydrogens (primary N) is 1. The Morgan fingerprint density at radius 3 is 2.79 bits per heavy atom. The van der Waals surface area contributed by atoms with Gasteiger partial charge >= 0.3 is 6.03 Å². The number of anilines is 1. The number of primary amides is 1. The van der Waals surface area contributed by atoms with Crippen LogP contribution < -0.4 is 11.1 Å². The van der Waals surface area contributed by atoms with Gasteiger partial charge in [-0.15, -0.1) is 0 Å². The molecule has 1 aromatic carbocycles. The highest BCUT2D eigenvalue weighted by atomic mass is 19.1. The van der Waals surface area contributed by atoms with Crippen molar-refractivity contribution < 1.29 is 9.18 Å². The summed E-state index contributed by atoms with van der Waals surface area (Å²) in [6, 6.07) is 8.71. The van der Waals surface area contributed by atoms with Crippen LogP contribution in [0.4, 0.5) is 15.0 Å². The molecule has 1 fully saturated rings. The molecular formula is C24H27FN8O. The number of aryl methyl sites for hydroxylation is 1. The van der Waals surface area contributed by atoms with Crippen LogP contribution in [0.3, 0.4) is 0 Å². The lowest BCUT2D eigenvalue weighted by Crippen LogP contribution is -2.50. The Hall–Kier alpha value is -3.79. The first kappa shape index (κ1) is 22.0. The van der Waals surface area contributed by atoms with Crippen LogP contribution in [0, 0.1) is 12.7 Å². The molecule has 10 heteroatoms. The average molecular weight is 463 g/mol. The maximum atomic E-state index is 14.3. The molecule has 2 amide bonds. The Morgan fingerprint density at radius 1 is 1.24 bits per heavy atom. The van der Waals surface area contributed by atoms with Crippen LogP contribution in [-0.2, 0) is 6.54 Å². The van der Waals surface area contributed by atoms with Crippen LogP contribution >= 0.6 is 0 Å². The molecule has 1 aliphatic heterocycles. The number of urea groups is 1. The van der Waals surface area contributed by atoms with E-state index in [4.69, 9.17) is 10.7 Å². The van der Waals surface area contributed by atoms with E-state index < -0.39 is 6.03 Å². The molecule has 0 aliphatic carbocycles. The van der Waals surface area contributed by atoms with E-state index in [-0.39, 0.29) is 11.9 Å². The second kappa shape index (κ2) is 8.86. The Balaban J connectivity index is 1.49. The third kappa shape index (κ3) is 4.12. The fraction of sp³-hybridized carbons (Fsp3) is 0.333. The van der Waals surface area contributed by atoms with E-state index in [0.29, 0.717) is 43.8 Å². The SMILES string of the molecule is Cc1c(F)ccc2cc([C@H](C)Nc3ncnn4cccc34)c(CN3CCN(C(N)=O)CC3)nc12. The largest absolute Gasteiger partial charge is 0.362 e. The van der Waals surface area contributed by atoms with Crippen molar-refractivity contribution >= 4 is 28.3 Å². The molecule has 3 N–H and O–H groups in total. The van der Waals surface area contributed by atoms with E-state index in [1.807, 2.05) is 18.3 Å². The third-order valence-corrected chi connectivity index (χ3v) is 6.50. The van der Waals surface area contributed by atoms with Gasteiger partial charge in [-0.25, -0.2) is 18.7 Å².